The van der Waals surface area contributed by atoms with Gasteiger partial charge in [0.05, 0.1) is 8.07 Å². The van der Waals surface area contributed by atoms with Crippen molar-refractivity contribution < 1.29 is 4.79 Å². The normalized spacial score (nSPS) is 12.9. The molecule has 98 valence electrons. The summed E-state index contributed by atoms with van der Waals surface area (Å²) in [6, 6.07) is 13.8. The first-order chi connectivity index (χ1) is 8.65. The van der Waals surface area contributed by atoms with Crippen molar-refractivity contribution >= 4 is 14.0 Å². The number of carbonyl (C=O) groups excluding carboxylic acids is 1. The molecule has 1 aromatic rings. The zero-order valence-electron chi connectivity index (χ0n) is 12.0. The van der Waals surface area contributed by atoms with Gasteiger partial charge in [-0.1, -0.05) is 76.2 Å². The second kappa shape index (κ2) is 6.72. The van der Waals surface area contributed by atoms with Crippen LogP contribution < -0.4 is 0 Å². The van der Waals surface area contributed by atoms with Crippen molar-refractivity contribution in [2.75, 3.05) is 0 Å². The average Bonchev–Trinajstić information content (AvgIpc) is 2.45. The molecule has 0 fully saturated rings. The van der Waals surface area contributed by atoms with Crippen LogP contribution in [0.2, 0.25) is 18.1 Å². The highest BCUT2D eigenvalue weighted by Crippen LogP contribution is 2.36. The summed E-state index contributed by atoms with van der Waals surface area (Å²) in [4.78, 5) is 11.5. The molecule has 0 aromatic heterocycles. The van der Waals surface area contributed by atoms with E-state index in [1.807, 2.05) is 18.2 Å². The molecule has 0 saturated carbocycles. The number of allylic oxidation sites excluding steroid dienone is 1. The summed E-state index contributed by atoms with van der Waals surface area (Å²) >= 11 is 0. The van der Waals surface area contributed by atoms with Crippen LogP contribution in [-0.2, 0) is 4.79 Å². The molecule has 1 rings (SSSR count). The fourth-order valence-corrected chi connectivity index (χ4v) is 6.83. The van der Waals surface area contributed by atoms with Crippen molar-refractivity contribution in [3.8, 4) is 0 Å². The Labute approximate surface area is 112 Å². The van der Waals surface area contributed by atoms with Gasteiger partial charge in [-0.05, 0) is 5.56 Å². The Bertz CT molecular complexity index is 406. The van der Waals surface area contributed by atoms with E-state index in [9.17, 15) is 4.79 Å². The molecule has 1 unspecified atom stereocenters. The maximum Gasteiger partial charge on any atom is 0.119 e. The molecule has 0 amide bonds. The van der Waals surface area contributed by atoms with Gasteiger partial charge in [0, 0.05) is 11.1 Å². The van der Waals surface area contributed by atoms with Gasteiger partial charge in [0.2, 0.25) is 0 Å². The van der Waals surface area contributed by atoms with E-state index >= 15 is 0 Å². The molecule has 1 nitrogen and oxygen atoms in total. The molecular weight excluding hydrogens is 236 g/mol. The molecule has 0 aliphatic carbocycles. The molecule has 0 bridgehead atoms. The zero-order valence-corrected chi connectivity index (χ0v) is 13.0. The predicted octanol–water partition coefficient (Wildman–Crippen LogP) is 4.60. The monoisotopic (exact) mass is 260 g/mol. The van der Waals surface area contributed by atoms with E-state index in [2.05, 4.69) is 45.8 Å². The van der Waals surface area contributed by atoms with Crippen LogP contribution in [0.5, 0.6) is 0 Å². The van der Waals surface area contributed by atoms with E-state index < -0.39 is 8.07 Å². The van der Waals surface area contributed by atoms with E-state index in [4.69, 9.17) is 0 Å². The van der Waals surface area contributed by atoms with Gasteiger partial charge >= 0.3 is 0 Å². The van der Waals surface area contributed by atoms with Gasteiger partial charge < -0.3 is 0 Å². The first-order valence-electron chi connectivity index (χ1n) is 6.95. The summed E-state index contributed by atoms with van der Waals surface area (Å²) in [5, 5.41) is 1.07. The third-order valence-corrected chi connectivity index (χ3v) is 10.2. The molecule has 0 saturated heterocycles. The van der Waals surface area contributed by atoms with Crippen LogP contribution in [0.3, 0.4) is 0 Å². The molecule has 0 heterocycles. The molecule has 0 spiro atoms. The van der Waals surface area contributed by atoms with Gasteiger partial charge in [-0.2, -0.15) is 0 Å². The molecular formula is C16H24OSi. The van der Waals surface area contributed by atoms with Gasteiger partial charge in [-0.25, -0.2) is 4.79 Å². The minimum atomic E-state index is -1.60. The third-order valence-electron chi connectivity index (χ3n) is 4.44. The fourth-order valence-electron chi connectivity index (χ4n) is 2.89. The fraction of sp³-hybridized carbons (Fsp3) is 0.500. The SMILES string of the molecule is CC[Si](CC)(CC)C(=C=O)C(C)c1ccccc1. The highest BCUT2D eigenvalue weighted by molar-refractivity contribution is 6.87. The number of hydrogen-bond acceptors (Lipinski definition) is 1. The van der Waals surface area contributed by atoms with E-state index in [-0.39, 0.29) is 5.92 Å². The molecule has 0 radical (unpaired) electrons. The van der Waals surface area contributed by atoms with Crippen molar-refractivity contribution in [2.45, 2.75) is 51.7 Å². The lowest BCUT2D eigenvalue weighted by atomic mass is 10.0. The van der Waals surface area contributed by atoms with Crippen LogP contribution in [0.25, 0.3) is 0 Å². The summed E-state index contributed by atoms with van der Waals surface area (Å²) in [6.45, 7) is 8.84. The largest absolute Gasteiger partial charge is 0.234 e. The van der Waals surface area contributed by atoms with Crippen molar-refractivity contribution in [2.24, 2.45) is 0 Å². The quantitative estimate of drug-likeness (QED) is 0.540. The molecule has 0 aliphatic rings. The highest BCUT2D eigenvalue weighted by atomic mass is 28.3. The van der Waals surface area contributed by atoms with E-state index in [1.165, 1.54) is 5.56 Å². The average molecular weight is 260 g/mol. The van der Waals surface area contributed by atoms with Crippen LogP contribution in [0.1, 0.15) is 39.2 Å². The first-order valence-corrected chi connectivity index (χ1v) is 9.57. The molecule has 1 atom stereocenters. The minimum Gasteiger partial charge on any atom is -0.234 e. The topological polar surface area (TPSA) is 17.1 Å². The molecule has 1 aromatic carbocycles. The smallest absolute Gasteiger partial charge is 0.119 e. The number of benzene rings is 1. The van der Waals surface area contributed by atoms with Gasteiger partial charge in [-0.15, -0.1) is 0 Å². The van der Waals surface area contributed by atoms with Gasteiger partial charge in [-0.3, -0.25) is 0 Å². The predicted molar refractivity (Wildman–Crippen MR) is 81.3 cm³/mol. The maximum absolute atomic E-state index is 11.5. The van der Waals surface area contributed by atoms with E-state index in [1.54, 1.807) is 0 Å². The van der Waals surface area contributed by atoms with Crippen LogP contribution in [0.4, 0.5) is 0 Å². The maximum atomic E-state index is 11.5. The van der Waals surface area contributed by atoms with Crippen LogP contribution in [0.15, 0.2) is 35.5 Å². The van der Waals surface area contributed by atoms with Gasteiger partial charge in [0.15, 0.2) is 0 Å². The number of rotatable bonds is 6. The van der Waals surface area contributed by atoms with Crippen LogP contribution in [0, 0.1) is 0 Å². The van der Waals surface area contributed by atoms with E-state index in [0.717, 1.165) is 23.3 Å². The van der Waals surface area contributed by atoms with Crippen LogP contribution >= 0.6 is 0 Å². The lowest BCUT2D eigenvalue weighted by molar-refractivity contribution is 0.566. The Hall–Kier alpha value is -1.11. The Balaban J connectivity index is 3.15. The molecule has 2 heteroatoms. The van der Waals surface area contributed by atoms with Crippen molar-refractivity contribution in [3.05, 3.63) is 41.1 Å². The molecule has 18 heavy (non-hydrogen) atoms. The summed E-state index contributed by atoms with van der Waals surface area (Å²) in [5.74, 6) is 2.54. The van der Waals surface area contributed by atoms with Gasteiger partial charge in [0.1, 0.15) is 5.94 Å². The Morgan fingerprint density at radius 3 is 2.00 bits per heavy atom. The third kappa shape index (κ3) is 2.82. The first kappa shape index (κ1) is 14.9. The second-order valence-electron chi connectivity index (χ2n) is 4.99. The number of hydrogen-bond donors (Lipinski definition) is 0. The molecule has 0 N–H and O–H groups in total. The Morgan fingerprint density at radius 1 is 1.11 bits per heavy atom. The lowest BCUT2D eigenvalue weighted by Crippen LogP contribution is -2.37. The standard InChI is InChI=1S/C16H24OSi/c1-5-18(6-2,7-3)16(13-17)14(4)15-11-9-8-10-12-15/h8-12,14H,5-7H2,1-4H3. The Morgan fingerprint density at radius 2 is 1.61 bits per heavy atom. The van der Waals surface area contributed by atoms with Crippen molar-refractivity contribution in [1.82, 2.24) is 0 Å². The lowest BCUT2D eigenvalue weighted by Gasteiger charge is -2.32. The molecule has 0 aliphatic heterocycles. The summed E-state index contributed by atoms with van der Waals surface area (Å²) < 4.78 is 0. The van der Waals surface area contributed by atoms with Crippen molar-refractivity contribution in [3.63, 3.8) is 0 Å². The Kier molecular flexibility index (Phi) is 5.58. The summed E-state index contributed by atoms with van der Waals surface area (Å²) in [5.41, 5.74) is 1.24. The summed E-state index contributed by atoms with van der Waals surface area (Å²) in [6.07, 6.45) is 0. The van der Waals surface area contributed by atoms with E-state index in [0.29, 0.717) is 0 Å². The highest BCUT2D eigenvalue weighted by Gasteiger charge is 2.35. The van der Waals surface area contributed by atoms with Crippen molar-refractivity contribution in [1.29, 1.82) is 0 Å². The van der Waals surface area contributed by atoms with Gasteiger partial charge in [0.25, 0.3) is 0 Å². The summed E-state index contributed by atoms with van der Waals surface area (Å²) in [7, 11) is -1.60. The second-order valence-corrected chi connectivity index (χ2v) is 10.2. The minimum absolute atomic E-state index is 0.218. The van der Waals surface area contributed by atoms with Crippen LogP contribution in [-0.4, -0.2) is 14.0 Å². The zero-order chi connectivity index (χ0) is 13.6.